The smallest absolute Gasteiger partial charge is 0.131 e. The molecule has 1 N–H and O–H groups in total. The second-order valence-corrected chi connectivity index (χ2v) is 4.28. The Balaban J connectivity index is 2.03. The van der Waals surface area contributed by atoms with Crippen molar-refractivity contribution in [1.82, 2.24) is 5.32 Å². The first-order valence-corrected chi connectivity index (χ1v) is 5.50. The van der Waals surface area contributed by atoms with Gasteiger partial charge in [-0.05, 0) is 36.5 Å². The molecule has 2 nitrogen and oxygen atoms in total. The average Bonchev–Trinajstić information content (AvgIpc) is 3.04. The van der Waals surface area contributed by atoms with Gasteiger partial charge in [0.1, 0.15) is 18.2 Å². The molecule has 3 heteroatoms. The van der Waals surface area contributed by atoms with Gasteiger partial charge >= 0.3 is 0 Å². The van der Waals surface area contributed by atoms with Gasteiger partial charge in [0.2, 0.25) is 0 Å². The number of nitrogens with one attached hydrogen (secondary N) is 1. The molecule has 0 atom stereocenters. The van der Waals surface area contributed by atoms with Crippen LogP contribution in [0.15, 0.2) is 12.1 Å². The van der Waals surface area contributed by atoms with Crippen LogP contribution in [0.3, 0.4) is 0 Å². The lowest BCUT2D eigenvalue weighted by Gasteiger charge is -2.10. The van der Waals surface area contributed by atoms with Gasteiger partial charge < -0.3 is 10.1 Å². The summed E-state index contributed by atoms with van der Waals surface area (Å²) in [5, 5.41) is 3.14. The highest BCUT2D eigenvalue weighted by molar-refractivity contribution is 5.41. The maximum Gasteiger partial charge on any atom is 0.131 e. The second-order valence-electron chi connectivity index (χ2n) is 4.28. The van der Waals surface area contributed by atoms with Crippen LogP contribution < -0.4 is 10.1 Å². The van der Waals surface area contributed by atoms with Gasteiger partial charge in [0.25, 0.3) is 0 Å². The molecule has 0 radical (unpaired) electrons. The Kier molecular flexibility index (Phi) is 2.13. The zero-order valence-electron chi connectivity index (χ0n) is 8.55. The molecule has 0 bridgehead atoms. The summed E-state index contributed by atoms with van der Waals surface area (Å²) in [6.45, 7) is 1.99. The van der Waals surface area contributed by atoms with Crippen molar-refractivity contribution >= 4 is 0 Å². The van der Waals surface area contributed by atoms with Crippen LogP contribution in [0.2, 0.25) is 0 Å². The molecule has 0 unspecified atom stereocenters. The van der Waals surface area contributed by atoms with Gasteiger partial charge in [-0.1, -0.05) is 0 Å². The lowest BCUT2D eigenvalue weighted by molar-refractivity contribution is 0.324. The van der Waals surface area contributed by atoms with E-state index in [9.17, 15) is 4.39 Å². The molecule has 0 spiro atoms. The summed E-state index contributed by atoms with van der Waals surface area (Å²) in [4.78, 5) is 0. The highest BCUT2D eigenvalue weighted by Crippen LogP contribution is 2.42. The van der Waals surface area contributed by atoms with Crippen LogP contribution in [0.5, 0.6) is 5.75 Å². The van der Waals surface area contributed by atoms with Crippen molar-refractivity contribution < 1.29 is 9.13 Å². The van der Waals surface area contributed by atoms with E-state index in [2.05, 4.69) is 5.32 Å². The van der Waals surface area contributed by atoms with E-state index in [4.69, 9.17) is 4.74 Å². The third-order valence-corrected chi connectivity index (χ3v) is 3.06. The minimum atomic E-state index is -0.121. The molecule has 1 heterocycles. The molecule has 1 aromatic rings. The van der Waals surface area contributed by atoms with E-state index < -0.39 is 0 Å². The summed E-state index contributed by atoms with van der Waals surface area (Å²) >= 11 is 0. The predicted octanol–water partition coefficient (Wildman–Crippen LogP) is 2.19. The standard InChI is InChI=1S/C12H14FNO/c13-11-5-9(8-1-2-8)6-12-10(11)7-14-3-4-15-12/h5-6,8,14H,1-4,7H2. The summed E-state index contributed by atoms with van der Waals surface area (Å²) < 4.78 is 19.3. The van der Waals surface area contributed by atoms with Crippen LogP contribution in [-0.4, -0.2) is 13.2 Å². The predicted molar refractivity (Wildman–Crippen MR) is 55.6 cm³/mol. The molecular formula is C12H14FNO. The minimum absolute atomic E-state index is 0.121. The van der Waals surface area contributed by atoms with Crippen molar-refractivity contribution in [3.05, 3.63) is 29.1 Å². The van der Waals surface area contributed by atoms with Crippen LogP contribution in [0, 0.1) is 5.82 Å². The average molecular weight is 207 g/mol. The maximum atomic E-state index is 13.8. The Morgan fingerprint density at radius 1 is 1.33 bits per heavy atom. The highest BCUT2D eigenvalue weighted by atomic mass is 19.1. The number of hydrogen-bond acceptors (Lipinski definition) is 2. The van der Waals surface area contributed by atoms with Gasteiger partial charge in [-0.15, -0.1) is 0 Å². The third kappa shape index (κ3) is 1.72. The Labute approximate surface area is 88.4 Å². The van der Waals surface area contributed by atoms with Gasteiger partial charge in [-0.2, -0.15) is 0 Å². The van der Waals surface area contributed by atoms with Crippen molar-refractivity contribution in [2.45, 2.75) is 25.3 Å². The molecule has 0 aromatic heterocycles. The van der Waals surface area contributed by atoms with Crippen molar-refractivity contribution in [3.63, 3.8) is 0 Å². The summed E-state index contributed by atoms with van der Waals surface area (Å²) in [6, 6.07) is 3.69. The number of benzene rings is 1. The SMILES string of the molecule is Fc1cc(C2CC2)cc2c1CNCCO2. The van der Waals surface area contributed by atoms with E-state index in [-0.39, 0.29) is 5.82 Å². The fraction of sp³-hybridized carbons (Fsp3) is 0.500. The molecule has 1 aromatic carbocycles. The number of ether oxygens (including phenoxy) is 1. The molecule has 2 aliphatic rings. The van der Waals surface area contributed by atoms with Crippen LogP contribution in [0.25, 0.3) is 0 Å². The van der Waals surface area contributed by atoms with Gasteiger partial charge in [0, 0.05) is 18.7 Å². The lowest BCUT2D eigenvalue weighted by Crippen LogP contribution is -2.16. The molecule has 1 aliphatic carbocycles. The van der Waals surface area contributed by atoms with Crippen molar-refractivity contribution in [2.75, 3.05) is 13.2 Å². The van der Waals surface area contributed by atoms with Crippen LogP contribution in [0.4, 0.5) is 4.39 Å². The van der Waals surface area contributed by atoms with Crippen molar-refractivity contribution in [1.29, 1.82) is 0 Å². The molecule has 1 saturated carbocycles. The Bertz CT molecular complexity index is 387. The minimum Gasteiger partial charge on any atom is -0.492 e. The molecule has 0 amide bonds. The van der Waals surface area contributed by atoms with E-state index in [0.29, 0.717) is 24.6 Å². The first kappa shape index (κ1) is 9.16. The number of halogens is 1. The molecule has 80 valence electrons. The largest absolute Gasteiger partial charge is 0.492 e. The lowest BCUT2D eigenvalue weighted by atomic mass is 10.1. The van der Waals surface area contributed by atoms with E-state index in [1.807, 2.05) is 6.07 Å². The van der Waals surface area contributed by atoms with E-state index in [1.165, 1.54) is 12.8 Å². The topological polar surface area (TPSA) is 21.3 Å². The van der Waals surface area contributed by atoms with Crippen LogP contribution in [0.1, 0.15) is 29.9 Å². The monoisotopic (exact) mass is 207 g/mol. The normalized spacial score (nSPS) is 20.3. The maximum absolute atomic E-state index is 13.8. The van der Waals surface area contributed by atoms with Crippen molar-refractivity contribution in [2.24, 2.45) is 0 Å². The van der Waals surface area contributed by atoms with E-state index in [1.54, 1.807) is 6.07 Å². The fourth-order valence-corrected chi connectivity index (χ4v) is 2.03. The van der Waals surface area contributed by atoms with Crippen LogP contribution >= 0.6 is 0 Å². The summed E-state index contributed by atoms with van der Waals surface area (Å²) in [5.74, 6) is 1.19. The first-order valence-electron chi connectivity index (χ1n) is 5.50. The zero-order chi connectivity index (χ0) is 10.3. The number of fused-ring (bicyclic) bond motifs is 1. The van der Waals surface area contributed by atoms with E-state index in [0.717, 1.165) is 17.9 Å². The molecule has 15 heavy (non-hydrogen) atoms. The zero-order valence-corrected chi connectivity index (χ0v) is 8.55. The molecule has 0 saturated heterocycles. The second kappa shape index (κ2) is 3.49. The summed E-state index contributed by atoms with van der Waals surface area (Å²) in [5.41, 5.74) is 1.78. The molecular weight excluding hydrogens is 193 g/mol. The van der Waals surface area contributed by atoms with Gasteiger partial charge in [0.15, 0.2) is 0 Å². The van der Waals surface area contributed by atoms with Gasteiger partial charge in [-0.3, -0.25) is 0 Å². The molecule has 1 aliphatic heterocycles. The van der Waals surface area contributed by atoms with E-state index >= 15 is 0 Å². The highest BCUT2D eigenvalue weighted by Gasteiger charge is 2.26. The van der Waals surface area contributed by atoms with Crippen LogP contribution in [-0.2, 0) is 6.54 Å². The number of hydrogen-bond donors (Lipinski definition) is 1. The fourth-order valence-electron chi connectivity index (χ4n) is 2.03. The number of rotatable bonds is 1. The van der Waals surface area contributed by atoms with Gasteiger partial charge in [-0.25, -0.2) is 4.39 Å². The first-order chi connectivity index (χ1) is 7.34. The summed E-state index contributed by atoms with van der Waals surface area (Å²) in [7, 11) is 0. The summed E-state index contributed by atoms with van der Waals surface area (Å²) in [6.07, 6.45) is 2.38. The van der Waals surface area contributed by atoms with Crippen molar-refractivity contribution in [3.8, 4) is 5.75 Å². The molecule has 3 rings (SSSR count). The van der Waals surface area contributed by atoms with Gasteiger partial charge in [0.05, 0.1) is 0 Å². The molecule has 1 fully saturated rings. The third-order valence-electron chi connectivity index (χ3n) is 3.06. The quantitative estimate of drug-likeness (QED) is 0.762. The Hall–Kier alpha value is -1.09. The Morgan fingerprint density at radius 3 is 3.00 bits per heavy atom. The Morgan fingerprint density at radius 2 is 2.20 bits per heavy atom.